The van der Waals surface area contributed by atoms with Crippen LogP contribution in [0.5, 0.6) is 0 Å². The lowest BCUT2D eigenvalue weighted by molar-refractivity contribution is -0.126. The quantitative estimate of drug-likeness (QED) is 0.844. The second kappa shape index (κ2) is 9.07. The zero-order valence-electron chi connectivity index (χ0n) is 12.7. The number of carbonyl (C=O) groups excluding carboxylic acids is 1. The van der Waals surface area contributed by atoms with Crippen molar-refractivity contribution in [2.45, 2.75) is 32.2 Å². The Morgan fingerprint density at radius 2 is 2.19 bits per heavy atom. The van der Waals surface area contributed by atoms with Gasteiger partial charge in [0.25, 0.3) is 0 Å². The molecular formula is C15H25ClN2O3. The maximum atomic E-state index is 12.3. The number of carbonyl (C=O) groups is 1. The molecule has 1 fully saturated rings. The Kier molecular flexibility index (Phi) is 7.78. The third-order valence-corrected chi connectivity index (χ3v) is 3.74. The molecule has 1 amide bonds. The number of amides is 1. The lowest BCUT2D eigenvalue weighted by Crippen LogP contribution is -2.39. The largest absolute Gasteiger partial charge is 0.464 e. The number of hydrogen-bond donors (Lipinski definition) is 2. The first-order chi connectivity index (χ1) is 9.70. The summed E-state index contributed by atoms with van der Waals surface area (Å²) in [6.45, 7) is 4.34. The molecule has 0 spiro atoms. The minimum atomic E-state index is -0.106. The van der Waals surface area contributed by atoms with E-state index in [0.29, 0.717) is 6.61 Å². The molecule has 21 heavy (non-hydrogen) atoms. The SMILES string of the molecule is COCCC(NC(=O)C1CCNCC1)c1ccc(C)o1.Cl. The number of furan rings is 1. The lowest BCUT2D eigenvalue weighted by atomic mass is 9.96. The van der Waals surface area contributed by atoms with Crippen LogP contribution < -0.4 is 10.6 Å². The van der Waals surface area contributed by atoms with Crippen molar-refractivity contribution >= 4 is 18.3 Å². The summed E-state index contributed by atoms with van der Waals surface area (Å²) in [5.41, 5.74) is 0. The van der Waals surface area contributed by atoms with E-state index in [9.17, 15) is 4.79 Å². The molecule has 0 aromatic carbocycles. The predicted molar refractivity (Wildman–Crippen MR) is 83.7 cm³/mol. The number of aryl methyl sites for hydroxylation is 1. The van der Waals surface area contributed by atoms with E-state index >= 15 is 0 Å². The van der Waals surface area contributed by atoms with Gasteiger partial charge in [-0.2, -0.15) is 0 Å². The summed E-state index contributed by atoms with van der Waals surface area (Å²) in [6.07, 6.45) is 2.53. The Hall–Kier alpha value is -1.04. The Bertz CT molecular complexity index is 430. The number of nitrogens with one attached hydrogen (secondary N) is 2. The van der Waals surface area contributed by atoms with Crippen LogP contribution >= 0.6 is 12.4 Å². The average Bonchev–Trinajstić information content (AvgIpc) is 2.90. The van der Waals surface area contributed by atoms with E-state index in [1.165, 1.54) is 0 Å². The van der Waals surface area contributed by atoms with Gasteiger partial charge in [0.2, 0.25) is 5.91 Å². The van der Waals surface area contributed by atoms with Gasteiger partial charge in [-0.05, 0) is 51.4 Å². The number of piperidine rings is 1. The highest BCUT2D eigenvalue weighted by molar-refractivity contribution is 5.85. The van der Waals surface area contributed by atoms with Crippen molar-refractivity contribution in [1.29, 1.82) is 0 Å². The molecule has 1 atom stereocenters. The molecule has 0 bridgehead atoms. The van der Waals surface area contributed by atoms with Gasteiger partial charge in [-0.25, -0.2) is 0 Å². The minimum Gasteiger partial charge on any atom is -0.464 e. The number of methoxy groups -OCH3 is 1. The Morgan fingerprint density at radius 3 is 2.76 bits per heavy atom. The number of rotatable bonds is 6. The normalized spacial score (nSPS) is 17.0. The molecule has 1 saturated heterocycles. The maximum absolute atomic E-state index is 12.3. The molecule has 5 nitrogen and oxygen atoms in total. The Labute approximate surface area is 132 Å². The van der Waals surface area contributed by atoms with Crippen LogP contribution in [0.1, 0.15) is 36.8 Å². The van der Waals surface area contributed by atoms with E-state index in [1.54, 1.807) is 7.11 Å². The zero-order valence-corrected chi connectivity index (χ0v) is 13.5. The average molecular weight is 317 g/mol. The van der Waals surface area contributed by atoms with Gasteiger partial charge >= 0.3 is 0 Å². The zero-order chi connectivity index (χ0) is 14.4. The first-order valence-electron chi connectivity index (χ1n) is 7.27. The van der Waals surface area contributed by atoms with Crippen LogP contribution in [0.4, 0.5) is 0 Å². The highest BCUT2D eigenvalue weighted by Gasteiger charge is 2.25. The van der Waals surface area contributed by atoms with Gasteiger partial charge in [0.15, 0.2) is 0 Å². The molecular weight excluding hydrogens is 292 g/mol. The topological polar surface area (TPSA) is 63.5 Å². The highest BCUT2D eigenvalue weighted by Crippen LogP contribution is 2.21. The summed E-state index contributed by atoms with van der Waals surface area (Å²) in [4.78, 5) is 12.3. The minimum absolute atomic E-state index is 0. The third-order valence-electron chi connectivity index (χ3n) is 3.74. The summed E-state index contributed by atoms with van der Waals surface area (Å²) < 4.78 is 10.8. The predicted octanol–water partition coefficient (Wildman–Crippen LogP) is 2.20. The van der Waals surface area contributed by atoms with Crippen LogP contribution in [0.3, 0.4) is 0 Å². The third kappa shape index (κ3) is 5.34. The second-order valence-electron chi connectivity index (χ2n) is 5.32. The summed E-state index contributed by atoms with van der Waals surface area (Å²) in [7, 11) is 1.67. The molecule has 120 valence electrons. The second-order valence-corrected chi connectivity index (χ2v) is 5.32. The van der Waals surface area contributed by atoms with Crippen molar-refractivity contribution in [3.63, 3.8) is 0 Å². The Balaban J connectivity index is 0.00000220. The van der Waals surface area contributed by atoms with E-state index in [-0.39, 0.29) is 30.3 Å². The van der Waals surface area contributed by atoms with Crippen LogP contribution in [0, 0.1) is 12.8 Å². The van der Waals surface area contributed by atoms with Crippen LogP contribution in [0.15, 0.2) is 16.5 Å². The molecule has 0 radical (unpaired) electrons. The van der Waals surface area contributed by atoms with E-state index in [4.69, 9.17) is 9.15 Å². The molecule has 6 heteroatoms. The van der Waals surface area contributed by atoms with Crippen molar-refractivity contribution in [3.8, 4) is 0 Å². The van der Waals surface area contributed by atoms with Gasteiger partial charge in [0, 0.05) is 19.6 Å². The van der Waals surface area contributed by atoms with E-state index in [0.717, 1.165) is 43.9 Å². The number of halogens is 1. The smallest absolute Gasteiger partial charge is 0.223 e. The van der Waals surface area contributed by atoms with Gasteiger partial charge < -0.3 is 19.8 Å². The standard InChI is InChI=1S/C15H24N2O3.ClH/c1-11-3-4-14(20-11)13(7-10-19-2)17-15(18)12-5-8-16-9-6-12;/h3-4,12-13,16H,5-10H2,1-2H3,(H,17,18);1H. The molecule has 0 aliphatic carbocycles. The molecule has 1 aliphatic heterocycles. The fourth-order valence-electron chi connectivity index (χ4n) is 2.54. The molecule has 1 aromatic rings. The molecule has 2 N–H and O–H groups in total. The van der Waals surface area contributed by atoms with Crippen molar-refractivity contribution in [1.82, 2.24) is 10.6 Å². The first kappa shape index (κ1) is 18.0. The van der Waals surface area contributed by atoms with Crippen LogP contribution in [-0.2, 0) is 9.53 Å². The van der Waals surface area contributed by atoms with Gasteiger partial charge in [-0.3, -0.25) is 4.79 Å². The molecule has 0 saturated carbocycles. The molecule has 2 rings (SSSR count). The van der Waals surface area contributed by atoms with Gasteiger partial charge in [0.1, 0.15) is 11.5 Å². The summed E-state index contributed by atoms with van der Waals surface area (Å²) in [5.74, 6) is 1.90. The van der Waals surface area contributed by atoms with E-state index < -0.39 is 0 Å². The summed E-state index contributed by atoms with van der Waals surface area (Å²) in [6, 6.07) is 3.75. The summed E-state index contributed by atoms with van der Waals surface area (Å²) in [5, 5.41) is 6.38. The Morgan fingerprint density at radius 1 is 1.48 bits per heavy atom. The van der Waals surface area contributed by atoms with Crippen LogP contribution in [0.2, 0.25) is 0 Å². The monoisotopic (exact) mass is 316 g/mol. The van der Waals surface area contributed by atoms with E-state index in [2.05, 4.69) is 10.6 Å². The van der Waals surface area contributed by atoms with Crippen molar-refractivity contribution < 1.29 is 13.9 Å². The van der Waals surface area contributed by atoms with Gasteiger partial charge in [0.05, 0.1) is 6.04 Å². The molecule has 1 aromatic heterocycles. The van der Waals surface area contributed by atoms with Crippen molar-refractivity contribution in [2.24, 2.45) is 5.92 Å². The van der Waals surface area contributed by atoms with Gasteiger partial charge in [-0.15, -0.1) is 12.4 Å². The molecule has 1 unspecified atom stereocenters. The van der Waals surface area contributed by atoms with Crippen molar-refractivity contribution in [3.05, 3.63) is 23.7 Å². The highest BCUT2D eigenvalue weighted by atomic mass is 35.5. The lowest BCUT2D eigenvalue weighted by Gasteiger charge is -2.24. The summed E-state index contributed by atoms with van der Waals surface area (Å²) >= 11 is 0. The van der Waals surface area contributed by atoms with Gasteiger partial charge in [-0.1, -0.05) is 0 Å². The maximum Gasteiger partial charge on any atom is 0.223 e. The number of hydrogen-bond acceptors (Lipinski definition) is 4. The van der Waals surface area contributed by atoms with Crippen molar-refractivity contribution in [2.75, 3.05) is 26.8 Å². The fraction of sp³-hybridized carbons (Fsp3) is 0.667. The van der Waals surface area contributed by atoms with Crippen LogP contribution in [-0.4, -0.2) is 32.7 Å². The number of ether oxygens (including phenoxy) is 1. The first-order valence-corrected chi connectivity index (χ1v) is 7.27. The van der Waals surface area contributed by atoms with Crippen LogP contribution in [0.25, 0.3) is 0 Å². The van der Waals surface area contributed by atoms with E-state index in [1.807, 2.05) is 19.1 Å². The molecule has 2 heterocycles. The fourth-order valence-corrected chi connectivity index (χ4v) is 2.54. The molecule has 1 aliphatic rings.